The first-order valence-electron chi connectivity index (χ1n) is 7.37. The van der Waals surface area contributed by atoms with Crippen LogP contribution in [0.1, 0.15) is 85.5 Å². The van der Waals surface area contributed by atoms with E-state index in [9.17, 15) is 0 Å². The lowest BCUT2D eigenvalue weighted by Crippen LogP contribution is -2.39. The van der Waals surface area contributed by atoms with E-state index in [4.69, 9.17) is 0 Å². The topological polar surface area (TPSA) is 12.0 Å². The van der Waals surface area contributed by atoms with Gasteiger partial charge in [-0.05, 0) is 33.2 Å². The Labute approximate surface area is 103 Å². The maximum absolute atomic E-state index is 3.69. The van der Waals surface area contributed by atoms with Crippen LogP contribution in [0.25, 0.3) is 0 Å². The smallest absolute Gasteiger partial charge is 0.0125 e. The molecule has 0 unspecified atom stereocenters. The summed E-state index contributed by atoms with van der Waals surface area (Å²) >= 11 is 0. The Morgan fingerprint density at radius 2 is 1.31 bits per heavy atom. The summed E-state index contributed by atoms with van der Waals surface area (Å²) in [6, 6.07) is 0. The third-order valence-corrected chi connectivity index (χ3v) is 3.29. The highest BCUT2D eigenvalue weighted by Gasteiger charge is 2.15. The van der Waals surface area contributed by atoms with Gasteiger partial charge in [0.05, 0.1) is 0 Å². The van der Waals surface area contributed by atoms with Gasteiger partial charge >= 0.3 is 0 Å². The summed E-state index contributed by atoms with van der Waals surface area (Å²) < 4.78 is 0. The molecule has 0 aliphatic carbocycles. The minimum atomic E-state index is 0.347. The van der Waals surface area contributed by atoms with Crippen molar-refractivity contribution in [3.63, 3.8) is 0 Å². The highest BCUT2D eigenvalue weighted by atomic mass is 14.9. The van der Waals surface area contributed by atoms with Crippen molar-refractivity contribution in [3.8, 4) is 0 Å². The lowest BCUT2D eigenvalue weighted by atomic mass is 9.96. The van der Waals surface area contributed by atoms with Crippen LogP contribution in [-0.2, 0) is 0 Å². The second-order valence-electron chi connectivity index (χ2n) is 5.68. The van der Waals surface area contributed by atoms with Gasteiger partial charge in [0.15, 0.2) is 0 Å². The van der Waals surface area contributed by atoms with Crippen LogP contribution in [0.3, 0.4) is 0 Å². The fourth-order valence-corrected chi connectivity index (χ4v) is 2.06. The van der Waals surface area contributed by atoms with Crippen LogP contribution in [0, 0.1) is 0 Å². The third kappa shape index (κ3) is 10.5. The zero-order valence-corrected chi connectivity index (χ0v) is 12.1. The van der Waals surface area contributed by atoms with Gasteiger partial charge in [0.2, 0.25) is 0 Å². The molecule has 1 heteroatoms. The summed E-state index contributed by atoms with van der Waals surface area (Å²) in [4.78, 5) is 0. The van der Waals surface area contributed by atoms with Crippen molar-refractivity contribution < 1.29 is 0 Å². The van der Waals surface area contributed by atoms with E-state index < -0.39 is 0 Å². The highest BCUT2D eigenvalue weighted by Crippen LogP contribution is 2.14. The molecule has 0 saturated carbocycles. The molecule has 16 heavy (non-hydrogen) atoms. The minimum absolute atomic E-state index is 0.347. The molecular formula is C15H33N. The van der Waals surface area contributed by atoms with E-state index in [1.807, 2.05) is 0 Å². The average molecular weight is 227 g/mol. The number of hydrogen-bond donors (Lipinski definition) is 1. The van der Waals surface area contributed by atoms with Crippen molar-refractivity contribution in [1.29, 1.82) is 0 Å². The molecule has 0 amide bonds. The fourth-order valence-electron chi connectivity index (χ4n) is 2.06. The second-order valence-corrected chi connectivity index (χ2v) is 5.68. The lowest BCUT2D eigenvalue weighted by molar-refractivity contribution is 0.345. The molecule has 1 N–H and O–H groups in total. The van der Waals surface area contributed by atoms with Crippen molar-refractivity contribution in [2.24, 2.45) is 0 Å². The quantitative estimate of drug-likeness (QED) is 0.495. The standard InChI is InChI=1S/C15H33N/c1-5-7-9-10-12-14-16-15(3,4)13-11-8-6-2/h16H,5-14H2,1-4H3. The summed E-state index contributed by atoms with van der Waals surface area (Å²) in [5.74, 6) is 0. The molecule has 0 aromatic carbocycles. The molecular weight excluding hydrogens is 194 g/mol. The summed E-state index contributed by atoms with van der Waals surface area (Å²) in [5.41, 5.74) is 0.347. The molecule has 0 aromatic heterocycles. The van der Waals surface area contributed by atoms with Gasteiger partial charge in [0.1, 0.15) is 0 Å². The first-order valence-corrected chi connectivity index (χ1v) is 7.37. The van der Waals surface area contributed by atoms with Crippen LogP contribution >= 0.6 is 0 Å². The van der Waals surface area contributed by atoms with Gasteiger partial charge in [0, 0.05) is 5.54 Å². The number of nitrogens with one attached hydrogen (secondary N) is 1. The predicted molar refractivity (Wildman–Crippen MR) is 75.0 cm³/mol. The fraction of sp³-hybridized carbons (Fsp3) is 1.00. The highest BCUT2D eigenvalue weighted by molar-refractivity contribution is 4.76. The lowest BCUT2D eigenvalue weighted by Gasteiger charge is -2.26. The van der Waals surface area contributed by atoms with Crippen molar-refractivity contribution in [1.82, 2.24) is 5.32 Å². The average Bonchev–Trinajstić information content (AvgIpc) is 2.23. The van der Waals surface area contributed by atoms with Crippen molar-refractivity contribution in [2.45, 2.75) is 91.0 Å². The van der Waals surface area contributed by atoms with E-state index >= 15 is 0 Å². The Hall–Kier alpha value is -0.0400. The van der Waals surface area contributed by atoms with Crippen LogP contribution in [0.2, 0.25) is 0 Å². The van der Waals surface area contributed by atoms with Crippen LogP contribution < -0.4 is 5.32 Å². The Kier molecular flexibility index (Phi) is 10.1. The number of hydrogen-bond acceptors (Lipinski definition) is 1. The third-order valence-electron chi connectivity index (χ3n) is 3.29. The molecule has 0 aliphatic rings. The SMILES string of the molecule is CCCCCCCNC(C)(C)CCCCC. The van der Waals surface area contributed by atoms with Crippen LogP contribution in [-0.4, -0.2) is 12.1 Å². The number of unbranched alkanes of at least 4 members (excludes halogenated alkanes) is 6. The molecule has 0 saturated heterocycles. The van der Waals surface area contributed by atoms with Gasteiger partial charge in [-0.1, -0.05) is 58.8 Å². The van der Waals surface area contributed by atoms with Gasteiger partial charge in [-0.25, -0.2) is 0 Å². The summed E-state index contributed by atoms with van der Waals surface area (Å²) in [7, 11) is 0. The minimum Gasteiger partial charge on any atom is -0.312 e. The zero-order valence-electron chi connectivity index (χ0n) is 12.1. The Morgan fingerprint density at radius 1 is 0.750 bits per heavy atom. The first-order chi connectivity index (χ1) is 7.62. The van der Waals surface area contributed by atoms with Crippen LogP contribution in [0.15, 0.2) is 0 Å². The molecule has 0 aromatic rings. The van der Waals surface area contributed by atoms with Crippen molar-refractivity contribution in [3.05, 3.63) is 0 Å². The van der Waals surface area contributed by atoms with E-state index in [0.29, 0.717) is 5.54 Å². The monoisotopic (exact) mass is 227 g/mol. The van der Waals surface area contributed by atoms with E-state index in [1.165, 1.54) is 64.3 Å². The van der Waals surface area contributed by atoms with Gasteiger partial charge in [0.25, 0.3) is 0 Å². The van der Waals surface area contributed by atoms with Gasteiger partial charge in [-0.3, -0.25) is 0 Å². The molecule has 0 rings (SSSR count). The predicted octanol–water partition coefficient (Wildman–Crippen LogP) is 4.91. The summed E-state index contributed by atoms with van der Waals surface area (Å²) in [5, 5.41) is 3.69. The maximum atomic E-state index is 3.69. The molecule has 0 bridgehead atoms. The molecule has 0 atom stereocenters. The Morgan fingerprint density at radius 3 is 1.94 bits per heavy atom. The molecule has 0 radical (unpaired) electrons. The largest absolute Gasteiger partial charge is 0.312 e. The number of rotatable bonds is 11. The summed E-state index contributed by atoms with van der Waals surface area (Å²) in [6.07, 6.45) is 12.3. The van der Waals surface area contributed by atoms with Crippen molar-refractivity contribution >= 4 is 0 Å². The molecule has 0 fully saturated rings. The van der Waals surface area contributed by atoms with Crippen LogP contribution in [0.4, 0.5) is 0 Å². The molecule has 0 spiro atoms. The van der Waals surface area contributed by atoms with E-state index in [2.05, 4.69) is 33.0 Å². The molecule has 0 aliphatic heterocycles. The molecule has 98 valence electrons. The molecule has 1 nitrogen and oxygen atoms in total. The Bertz CT molecular complexity index is 140. The first kappa shape index (κ1) is 16.0. The maximum Gasteiger partial charge on any atom is 0.0125 e. The van der Waals surface area contributed by atoms with Crippen molar-refractivity contribution in [2.75, 3.05) is 6.54 Å². The Balaban J connectivity index is 3.35. The van der Waals surface area contributed by atoms with Gasteiger partial charge in [-0.15, -0.1) is 0 Å². The molecule has 0 heterocycles. The van der Waals surface area contributed by atoms with E-state index in [1.54, 1.807) is 0 Å². The van der Waals surface area contributed by atoms with E-state index in [0.717, 1.165) is 0 Å². The zero-order chi connectivity index (χ0) is 12.3. The normalized spacial score (nSPS) is 12.0. The van der Waals surface area contributed by atoms with Gasteiger partial charge < -0.3 is 5.32 Å². The van der Waals surface area contributed by atoms with Gasteiger partial charge in [-0.2, -0.15) is 0 Å². The summed E-state index contributed by atoms with van der Waals surface area (Å²) in [6.45, 7) is 10.4. The van der Waals surface area contributed by atoms with E-state index in [-0.39, 0.29) is 0 Å². The van der Waals surface area contributed by atoms with Crippen LogP contribution in [0.5, 0.6) is 0 Å². The second kappa shape index (κ2) is 10.1.